The quantitative estimate of drug-likeness (QED) is 0.865. The summed E-state index contributed by atoms with van der Waals surface area (Å²) in [5.41, 5.74) is 7.19. The fraction of sp³-hybridized carbons (Fsp3) is 0.647. The van der Waals surface area contributed by atoms with Gasteiger partial charge in [0.05, 0.1) is 11.5 Å². The Morgan fingerprint density at radius 1 is 1.30 bits per heavy atom. The highest BCUT2D eigenvalue weighted by Gasteiger charge is 2.44. The number of amides is 2. The molecule has 4 nitrogen and oxygen atoms in total. The molecule has 1 heterocycles. The lowest BCUT2D eigenvalue weighted by atomic mass is 9.81. The summed E-state index contributed by atoms with van der Waals surface area (Å²) in [6.07, 6.45) is 6.07. The van der Waals surface area contributed by atoms with E-state index >= 15 is 0 Å². The number of aryl methyl sites for hydroxylation is 1. The second kappa shape index (κ2) is 5.58. The fourth-order valence-corrected chi connectivity index (χ4v) is 5.06. The molecule has 23 heavy (non-hydrogen) atoms. The van der Waals surface area contributed by atoms with E-state index < -0.39 is 18.0 Å². The molecular formula is C17H21FN2O2S. The van der Waals surface area contributed by atoms with E-state index in [0.717, 1.165) is 37.2 Å². The van der Waals surface area contributed by atoms with Crippen LogP contribution in [0.25, 0.3) is 0 Å². The predicted molar refractivity (Wildman–Crippen MR) is 87.5 cm³/mol. The van der Waals surface area contributed by atoms with Gasteiger partial charge in [-0.2, -0.15) is 0 Å². The molecule has 1 aromatic rings. The number of fused-ring (bicyclic) bond motifs is 1. The van der Waals surface area contributed by atoms with E-state index in [0.29, 0.717) is 16.5 Å². The molecule has 0 bridgehead atoms. The van der Waals surface area contributed by atoms with Crippen LogP contribution in [-0.2, 0) is 11.2 Å². The van der Waals surface area contributed by atoms with Crippen LogP contribution in [0.2, 0.25) is 0 Å². The molecule has 4 rings (SSSR count). The highest BCUT2D eigenvalue weighted by Crippen LogP contribution is 2.49. The van der Waals surface area contributed by atoms with Gasteiger partial charge in [-0.15, -0.1) is 11.3 Å². The maximum absolute atomic E-state index is 13.1. The van der Waals surface area contributed by atoms with E-state index in [4.69, 9.17) is 5.73 Å². The second-order valence-corrected chi connectivity index (χ2v) is 8.23. The monoisotopic (exact) mass is 336 g/mol. The van der Waals surface area contributed by atoms with Gasteiger partial charge in [-0.1, -0.05) is 12.8 Å². The van der Waals surface area contributed by atoms with Crippen molar-refractivity contribution in [2.75, 3.05) is 5.32 Å². The number of carbonyl (C=O) groups is 2. The highest BCUT2D eigenvalue weighted by molar-refractivity contribution is 7.17. The van der Waals surface area contributed by atoms with Crippen molar-refractivity contribution in [1.82, 2.24) is 0 Å². The Kier molecular flexibility index (Phi) is 3.67. The van der Waals surface area contributed by atoms with Gasteiger partial charge in [0.25, 0.3) is 5.91 Å². The number of anilines is 1. The van der Waals surface area contributed by atoms with Gasteiger partial charge in [0.2, 0.25) is 5.91 Å². The van der Waals surface area contributed by atoms with Gasteiger partial charge < -0.3 is 11.1 Å². The zero-order valence-corrected chi connectivity index (χ0v) is 13.8. The lowest BCUT2D eigenvalue weighted by Gasteiger charge is -2.23. The number of rotatable bonds is 5. The van der Waals surface area contributed by atoms with Crippen molar-refractivity contribution in [3.63, 3.8) is 0 Å². The highest BCUT2D eigenvalue weighted by atomic mass is 32.1. The van der Waals surface area contributed by atoms with Crippen LogP contribution < -0.4 is 11.1 Å². The van der Waals surface area contributed by atoms with Crippen molar-refractivity contribution in [1.29, 1.82) is 0 Å². The molecule has 2 fully saturated rings. The van der Waals surface area contributed by atoms with E-state index in [9.17, 15) is 14.0 Å². The topological polar surface area (TPSA) is 72.2 Å². The third kappa shape index (κ3) is 2.89. The van der Waals surface area contributed by atoms with Gasteiger partial charge in [-0.05, 0) is 49.5 Å². The minimum absolute atomic E-state index is 0.285. The molecule has 6 heteroatoms. The first-order valence-electron chi connectivity index (χ1n) is 8.45. The van der Waals surface area contributed by atoms with E-state index in [1.54, 1.807) is 0 Å². The number of halogens is 1. The van der Waals surface area contributed by atoms with Crippen molar-refractivity contribution in [2.24, 2.45) is 17.6 Å². The Labute approximate surface area is 138 Å². The van der Waals surface area contributed by atoms with Gasteiger partial charge in [0, 0.05) is 4.88 Å². The number of thiophene rings is 1. The van der Waals surface area contributed by atoms with Gasteiger partial charge in [0.1, 0.15) is 11.2 Å². The molecule has 0 saturated heterocycles. The molecule has 3 aliphatic carbocycles. The molecule has 0 aromatic carbocycles. The van der Waals surface area contributed by atoms with Crippen molar-refractivity contribution in [2.45, 2.75) is 57.0 Å². The maximum atomic E-state index is 13.1. The summed E-state index contributed by atoms with van der Waals surface area (Å²) in [5, 5.41) is 3.31. The third-order valence-electron chi connectivity index (χ3n) is 5.23. The zero-order chi connectivity index (χ0) is 16.1. The van der Waals surface area contributed by atoms with Crippen LogP contribution in [-0.4, -0.2) is 18.0 Å². The number of hydrogen-bond acceptors (Lipinski definition) is 3. The Hall–Kier alpha value is -1.43. The molecule has 124 valence electrons. The molecule has 0 spiro atoms. The summed E-state index contributed by atoms with van der Waals surface area (Å²) >= 11 is 1.46. The number of hydrogen-bond donors (Lipinski definition) is 2. The SMILES string of the molecule is NC(=O)c1c(NC(=O)[C@H]2C[C@@H]2F)sc2c1C(CC1CC1)CCC2. The average Bonchev–Trinajstić information content (AvgIpc) is 3.39. The number of carbonyl (C=O) groups excluding carboxylic acids is 2. The van der Waals surface area contributed by atoms with Crippen LogP contribution in [0, 0.1) is 11.8 Å². The lowest BCUT2D eigenvalue weighted by molar-refractivity contribution is -0.117. The predicted octanol–water partition coefficient (Wildman–Crippen LogP) is 3.36. The Bertz CT molecular complexity index is 668. The first-order valence-corrected chi connectivity index (χ1v) is 9.26. The van der Waals surface area contributed by atoms with Crippen LogP contribution in [0.5, 0.6) is 0 Å². The van der Waals surface area contributed by atoms with Crippen LogP contribution in [0.4, 0.5) is 9.39 Å². The minimum atomic E-state index is -1.04. The summed E-state index contributed by atoms with van der Waals surface area (Å²) in [5.74, 6) is -0.198. The lowest BCUT2D eigenvalue weighted by Crippen LogP contribution is -2.21. The molecule has 3 aliphatic rings. The number of alkyl halides is 1. The molecule has 0 aliphatic heterocycles. The standard InChI is InChI=1S/C17H21FN2O2S/c18-11-7-10(11)16(22)20-17-14(15(19)21)13-9(6-8-4-5-8)2-1-3-12(13)23-17/h8-11H,1-7H2,(H2,19,21)(H,20,22)/t9?,10-,11-/m0/s1. The number of nitrogens with one attached hydrogen (secondary N) is 1. The van der Waals surface area contributed by atoms with Crippen LogP contribution in [0.15, 0.2) is 0 Å². The fourth-order valence-electron chi connectivity index (χ4n) is 3.73. The van der Waals surface area contributed by atoms with Gasteiger partial charge in [0.15, 0.2) is 0 Å². The molecular weight excluding hydrogens is 315 g/mol. The molecule has 1 aromatic heterocycles. The Morgan fingerprint density at radius 2 is 2.04 bits per heavy atom. The Morgan fingerprint density at radius 3 is 2.65 bits per heavy atom. The van der Waals surface area contributed by atoms with Crippen molar-refractivity contribution >= 4 is 28.2 Å². The molecule has 2 saturated carbocycles. The second-order valence-electron chi connectivity index (χ2n) is 7.12. The van der Waals surface area contributed by atoms with Crippen molar-refractivity contribution < 1.29 is 14.0 Å². The Balaban J connectivity index is 1.65. The largest absolute Gasteiger partial charge is 0.365 e. The molecule has 1 unspecified atom stereocenters. The minimum Gasteiger partial charge on any atom is -0.365 e. The first kappa shape index (κ1) is 15.1. The van der Waals surface area contributed by atoms with Crippen LogP contribution in [0.1, 0.15) is 65.2 Å². The van der Waals surface area contributed by atoms with Gasteiger partial charge >= 0.3 is 0 Å². The van der Waals surface area contributed by atoms with Crippen molar-refractivity contribution in [3.05, 3.63) is 16.0 Å². The van der Waals surface area contributed by atoms with E-state index in [2.05, 4.69) is 5.32 Å². The molecule has 2 amide bonds. The van der Waals surface area contributed by atoms with Crippen LogP contribution >= 0.6 is 11.3 Å². The first-order chi connectivity index (χ1) is 11.0. The third-order valence-corrected chi connectivity index (χ3v) is 6.41. The average molecular weight is 336 g/mol. The number of primary amides is 1. The van der Waals surface area contributed by atoms with E-state index in [1.807, 2.05) is 0 Å². The van der Waals surface area contributed by atoms with Gasteiger partial charge in [-0.3, -0.25) is 9.59 Å². The van der Waals surface area contributed by atoms with Crippen molar-refractivity contribution in [3.8, 4) is 0 Å². The molecule has 3 atom stereocenters. The summed E-state index contributed by atoms with van der Waals surface area (Å²) < 4.78 is 13.1. The van der Waals surface area contributed by atoms with Gasteiger partial charge in [-0.25, -0.2) is 4.39 Å². The molecule has 0 radical (unpaired) electrons. The zero-order valence-electron chi connectivity index (χ0n) is 12.9. The van der Waals surface area contributed by atoms with E-state index in [1.165, 1.54) is 29.1 Å². The summed E-state index contributed by atoms with van der Waals surface area (Å²) in [6, 6.07) is 0. The maximum Gasteiger partial charge on any atom is 0.252 e. The summed E-state index contributed by atoms with van der Waals surface area (Å²) in [6.45, 7) is 0. The smallest absolute Gasteiger partial charge is 0.252 e. The summed E-state index contributed by atoms with van der Waals surface area (Å²) in [7, 11) is 0. The van der Waals surface area contributed by atoms with E-state index in [-0.39, 0.29) is 12.3 Å². The number of nitrogens with two attached hydrogens (primary N) is 1. The van der Waals surface area contributed by atoms with Crippen LogP contribution in [0.3, 0.4) is 0 Å². The summed E-state index contributed by atoms with van der Waals surface area (Å²) in [4.78, 5) is 25.3. The molecule has 3 N–H and O–H groups in total. The normalized spacial score (nSPS) is 29.0.